The van der Waals surface area contributed by atoms with Crippen molar-refractivity contribution in [3.63, 3.8) is 0 Å². The normalized spacial score (nSPS) is 13.7. The van der Waals surface area contributed by atoms with Crippen molar-refractivity contribution in [2.45, 2.75) is 84.9 Å². The molecule has 2 aromatic rings. The van der Waals surface area contributed by atoms with Gasteiger partial charge in [-0.25, -0.2) is 4.79 Å². The molecule has 0 spiro atoms. The van der Waals surface area contributed by atoms with Crippen molar-refractivity contribution in [1.82, 2.24) is 9.71 Å². The predicted octanol–water partition coefficient (Wildman–Crippen LogP) is 5.87. The molecule has 0 saturated heterocycles. The van der Waals surface area contributed by atoms with Crippen LogP contribution < -0.4 is 15.8 Å². The van der Waals surface area contributed by atoms with Crippen LogP contribution in [0.4, 0.5) is 5.82 Å². The summed E-state index contributed by atoms with van der Waals surface area (Å²) in [6.07, 6.45) is 1.39. The molecule has 2 rings (SSSR count). The minimum Gasteiger partial charge on any atom is -0.413 e. The molecule has 0 bridgehead atoms. The highest BCUT2D eigenvalue weighted by Crippen LogP contribution is 2.52. The molecule has 1 unspecified atom stereocenters. The van der Waals surface area contributed by atoms with E-state index in [0.717, 1.165) is 4.73 Å². The summed E-state index contributed by atoms with van der Waals surface area (Å²) in [6, 6.07) is 10.0. The van der Waals surface area contributed by atoms with Crippen LogP contribution in [0.15, 0.2) is 59.3 Å². The summed E-state index contributed by atoms with van der Waals surface area (Å²) in [4.78, 5) is 35.0. The van der Waals surface area contributed by atoms with Crippen LogP contribution in [-0.2, 0) is 18.0 Å². The fraction of sp³-hybridized carbons (Fsp3) is 0.519. The van der Waals surface area contributed by atoms with Gasteiger partial charge >= 0.3 is 13.3 Å². The summed E-state index contributed by atoms with van der Waals surface area (Å²) in [6.45, 7) is 17.7. The standard InChI is InChI=1S/C27H42N3O7PSi/c1-20(2)36-38(33,37-21(3)4)18-16-23(19-34-39(8,9)27(5,6)7)35-30-17-15-24(29-26(30)32)28-25(31)22-13-11-10-12-14-22/h10-18,20-21,23H,19H2,1-9H3,(H,28,29,31,32)/b18-16+. The van der Waals surface area contributed by atoms with Gasteiger partial charge in [0.2, 0.25) is 0 Å². The summed E-state index contributed by atoms with van der Waals surface area (Å²) in [5.74, 6) is 1.04. The lowest BCUT2D eigenvalue weighted by atomic mass is 10.2. The van der Waals surface area contributed by atoms with E-state index in [1.165, 1.54) is 24.2 Å². The Morgan fingerprint density at radius 3 is 2.18 bits per heavy atom. The van der Waals surface area contributed by atoms with Crippen LogP contribution >= 0.6 is 7.60 Å². The van der Waals surface area contributed by atoms with E-state index in [-0.39, 0.29) is 29.7 Å². The van der Waals surface area contributed by atoms with Crippen LogP contribution in [0.2, 0.25) is 18.1 Å². The number of carbonyl (C=O) groups excluding carboxylic acids is 1. The van der Waals surface area contributed by atoms with Gasteiger partial charge in [0.15, 0.2) is 14.4 Å². The predicted molar refractivity (Wildman–Crippen MR) is 156 cm³/mol. The number of amides is 1. The van der Waals surface area contributed by atoms with E-state index < -0.39 is 33.6 Å². The number of hydrogen-bond donors (Lipinski definition) is 1. The Morgan fingerprint density at radius 1 is 1.08 bits per heavy atom. The minimum atomic E-state index is -3.61. The van der Waals surface area contributed by atoms with Crippen molar-refractivity contribution in [3.8, 4) is 0 Å². The molecule has 0 radical (unpaired) electrons. The van der Waals surface area contributed by atoms with E-state index in [2.05, 4.69) is 44.2 Å². The summed E-state index contributed by atoms with van der Waals surface area (Å²) in [5, 5.41) is 2.54. The SMILES string of the molecule is CC(C)OP(=O)(/C=C/C(CO[Si](C)(C)C(C)(C)C)On1ccc(NC(=O)c2ccccc2)nc1=O)OC(C)C. The van der Waals surface area contributed by atoms with E-state index in [1.54, 1.807) is 58.0 Å². The molecular formula is C27H42N3O7PSi. The van der Waals surface area contributed by atoms with Crippen molar-refractivity contribution in [3.05, 3.63) is 70.5 Å². The van der Waals surface area contributed by atoms with Crippen LogP contribution in [0.5, 0.6) is 0 Å². The molecule has 12 heteroatoms. The molecule has 0 aliphatic carbocycles. The lowest BCUT2D eigenvalue weighted by Gasteiger charge is -2.36. The number of hydrogen-bond acceptors (Lipinski definition) is 8. The maximum absolute atomic E-state index is 13.3. The number of nitrogens with zero attached hydrogens (tertiary/aromatic N) is 2. The van der Waals surface area contributed by atoms with Gasteiger partial charge in [-0.2, -0.15) is 4.98 Å². The molecule has 0 aliphatic rings. The summed E-state index contributed by atoms with van der Waals surface area (Å²) in [7, 11) is -5.79. The van der Waals surface area contributed by atoms with Crippen molar-refractivity contribution in [1.29, 1.82) is 0 Å². The van der Waals surface area contributed by atoms with Crippen LogP contribution in [0.3, 0.4) is 0 Å². The van der Waals surface area contributed by atoms with Gasteiger partial charge < -0.3 is 23.6 Å². The molecule has 1 amide bonds. The molecule has 0 fully saturated rings. The van der Waals surface area contributed by atoms with Crippen molar-refractivity contribution < 1.29 is 27.7 Å². The van der Waals surface area contributed by atoms with E-state index in [1.807, 2.05) is 0 Å². The highest BCUT2D eigenvalue weighted by molar-refractivity contribution is 7.57. The average Bonchev–Trinajstić information content (AvgIpc) is 2.81. The Morgan fingerprint density at radius 2 is 1.67 bits per heavy atom. The third-order valence-electron chi connectivity index (χ3n) is 5.91. The average molecular weight is 580 g/mol. The Hall–Kier alpha value is -2.56. The van der Waals surface area contributed by atoms with E-state index in [9.17, 15) is 14.2 Å². The molecule has 0 saturated carbocycles. The molecular weight excluding hydrogens is 537 g/mol. The zero-order valence-electron chi connectivity index (χ0n) is 24.3. The number of carbonyl (C=O) groups is 1. The number of nitrogens with one attached hydrogen (secondary N) is 1. The molecule has 1 aromatic carbocycles. The summed E-state index contributed by atoms with van der Waals surface area (Å²) >= 11 is 0. The Bertz CT molecular complexity index is 1210. The molecule has 1 N–H and O–H groups in total. The summed E-state index contributed by atoms with van der Waals surface area (Å²) in [5.41, 5.74) is -0.309. The number of rotatable bonds is 13. The summed E-state index contributed by atoms with van der Waals surface area (Å²) < 4.78 is 31.8. The van der Waals surface area contributed by atoms with Gasteiger partial charge in [0, 0.05) is 17.4 Å². The first-order valence-electron chi connectivity index (χ1n) is 12.9. The number of benzene rings is 1. The quantitative estimate of drug-likeness (QED) is 0.231. The maximum Gasteiger partial charge on any atom is 0.382 e. The molecule has 10 nitrogen and oxygen atoms in total. The molecule has 1 heterocycles. The molecule has 0 aliphatic heterocycles. The first-order chi connectivity index (χ1) is 18.0. The maximum atomic E-state index is 13.3. The third kappa shape index (κ3) is 10.5. The van der Waals surface area contributed by atoms with E-state index in [0.29, 0.717) is 5.56 Å². The third-order valence-corrected chi connectivity index (χ3v) is 12.4. The molecule has 216 valence electrons. The fourth-order valence-corrected chi connectivity index (χ4v) is 5.76. The molecule has 39 heavy (non-hydrogen) atoms. The zero-order valence-corrected chi connectivity index (χ0v) is 26.2. The Labute approximate surface area is 232 Å². The largest absolute Gasteiger partial charge is 0.413 e. The topological polar surface area (TPSA) is 118 Å². The molecule has 1 aromatic heterocycles. The fourth-order valence-electron chi connectivity index (χ4n) is 2.98. The lowest BCUT2D eigenvalue weighted by Crippen LogP contribution is -2.44. The van der Waals surface area contributed by atoms with Crippen LogP contribution in [0, 0.1) is 0 Å². The van der Waals surface area contributed by atoms with E-state index >= 15 is 0 Å². The monoisotopic (exact) mass is 579 g/mol. The number of aromatic nitrogens is 2. The second kappa shape index (κ2) is 13.7. The Kier molecular flexibility index (Phi) is 11.4. The van der Waals surface area contributed by atoms with Gasteiger partial charge in [0.05, 0.1) is 25.0 Å². The van der Waals surface area contributed by atoms with Gasteiger partial charge in [-0.15, -0.1) is 4.73 Å². The van der Waals surface area contributed by atoms with Gasteiger partial charge in [-0.05, 0) is 64.0 Å². The number of anilines is 1. The Balaban J connectivity index is 2.30. The van der Waals surface area contributed by atoms with Crippen LogP contribution in [0.1, 0.15) is 58.8 Å². The van der Waals surface area contributed by atoms with Crippen molar-refractivity contribution in [2.75, 3.05) is 11.9 Å². The highest BCUT2D eigenvalue weighted by Gasteiger charge is 2.38. The second-order valence-corrected chi connectivity index (χ2v) is 17.8. The first-order valence-corrected chi connectivity index (χ1v) is 17.5. The zero-order chi connectivity index (χ0) is 29.4. The molecule has 1 atom stereocenters. The highest BCUT2D eigenvalue weighted by atomic mass is 31.2. The lowest BCUT2D eigenvalue weighted by molar-refractivity contribution is 0.0248. The van der Waals surface area contributed by atoms with E-state index in [4.69, 9.17) is 18.3 Å². The second-order valence-electron chi connectivity index (χ2n) is 11.1. The van der Waals surface area contributed by atoms with Crippen LogP contribution in [-0.4, -0.2) is 48.9 Å². The van der Waals surface area contributed by atoms with Gasteiger partial charge in [-0.1, -0.05) is 39.0 Å². The van der Waals surface area contributed by atoms with Crippen molar-refractivity contribution >= 4 is 27.6 Å². The van der Waals surface area contributed by atoms with Gasteiger partial charge in [-0.3, -0.25) is 9.36 Å². The minimum absolute atomic E-state index is 0.0605. The van der Waals surface area contributed by atoms with Gasteiger partial charge in [0.1, 0.15) is 5.82 Å². The smallest absolute Gasteiger partial charge is 0.382 e. The first kappa shape index (κ1) is 32.6. The van der Waals surface area contributed by atoms with Crippen molar-refractivity contribution in [2.24, 2.45) is 0 Å². The van der Waals surface area contributed by atoms with Gasteiger partial charge in [0.25, 0.3) is 5.91 Å². The van der Waals surface area contributed by atoms with Crippen LogP contribution in [0.25, 0.3) is 0 Å².